The SMILES string of the molecule is COCCOCCCNS(=O)(=O)c1cc(C)cc(N)c1. The molecule has 0 spiro atoms. The van der Waals surface area contributed by atoms with Crippen molar-refractivity contribution in [3.8, 4) is 0 Å². The molecule has 0 aromatic heterocycles. The van der Waals surface area contributed by atoms with Gasteiger partial charge >= 0.3 is 0 Å². The molecule has 0 aliphatic rings. The molecule has 6 nitrogen and oxygen atoms in total. The second-order valence-electron chi connectivity index (χ2n) is 4.44. The topological polar surface area (TPSA) is 90.6 Å². The van der Waals surface area contributed by atoms with Gasteiger partial charge in [0.05, 0.1) is 18.1 Å². The Hall–Kier alpha value is -1.15. The van der Waals surface area contributed by atoms with Crippen LogP contribution in [0.5, 0.6) is 0 Å². The lowest BCUT2D eigenvalue weighted by atomic mass is 10.2. The molecule has 1 rings (SSSR count). The lowest BCUT2D eigenvalue weighted by molar-refractivity contribution is 0.0699. The third-order valence-corrected chi connectivity index (χ3v) is 4.01. The predicted molar refractivity (Wildman–Crippen MR) is 78.1 cm³/mol. The van der Waals surface area contributed by atoms with Gasteiger partial charge in [0.25, 0.3) is 0 Å². The van der Waals surface area contributed by atoms with Crippen LogP contribution in [0.4, 0.5) is 5.69 Å². The number of aryl methyl sites for hydroxylation is 1. The molecule has 0 saturated heterocycles. The van der Waals surface area contributed by atoms with Gasteiger partial charge in [0, 0.05) is 25.9 Å². The maximum Gasteiger partial charge on any atom is 0.240 e. The Kier molecular flexibility index (Phi) is 6.94. The van der Waals surface area contributed by atoms with E-state index in [0.717, 1.165) is 5.56 Å². The van der Waals surface area contributed by atoms with Crippen LogP contribution in [-0.4, -0.2) is 41.9 Å². The summed E-state index contributed by atoms with van der Waals surface area (Å²) in [4.78, 5) is 0.190. The van der Waals surface area contributed by atoms with Crippen LogP contribution in [0, 0.1) is 6.92 Å². The van der Waals surface area contributed by atoms with E-state index in [1.165, 1.54) is 6.07 Å². The molecule has 20 heavy (non-hydrogen) atoms. The zero-order valence-corrected chi connectivity index (χ0v) is 12.7. The number of anilines is 1. The fourth-order valence-corrected chi connectivity index (χ4v) is 2.85. The van der Waals surface area contributed by atoms with E-state index in [4.69, 9.17) is 15.2 Å². The molecule has 7 heteroatoms. The molecule has 114 valence electrons. The number of rotatable bonds is 9. The van der Waals surface area contributed by atoms with Crippen LogP contribution in [-0.2, 0) is 19.5 Å². The van der Waals surface area contributed by atoms with Gasteiger partial charge in [-0.2, -0.15) is 0 Å². The summed E-state index contributed by atoms with van der Waals surface area (Å²) in [5, 5.41) is 0. The minimum Gasteiger partial charge on any atom is -0.399 e. The van der Waals surface area contributed by atoms with Crippen molar-refractivity contribution in [2.45, 2.75) is 18.2 Å². The number of ether oxygens (including phenoxy) is 2. The molecule has 0 fully saturated rings. The molecule has 0 amide bonds. The number of methoxy groups -OCH3 is 1. The molecule has 1 aromatic carbocycles. The summed E-state index contributed by atoms with van der Waals surface area (Å²) in [5.74, 6) is 0. The molecule has 0 radical (unpaired) electrons. The maximum atomic E-state index is 12.0. The Morgan fingerprint density at radius 1 is 1.20 bits per heavy atom. The minimum atomic E-state index is -3.51. The van der Waals surface area contributed by atoms with E-state index in [1.807, 2.05) is 0 Å². The highest BCUT2D eigenvalue weighted by molar-refractivity contribution is 7.89. The van der Waals surface area contributed by atoms with Crippen LogP contribution in [0.1, 0.15) is 12.0 Å². The fraction of sp³-hybridized carbons (Fsp3) is 0.538. The maximum absolute atomic E-state index is 12.0. The van der Waals surface area contributed by atoms with Gasteiger partial charge in [-0.05, 0) is 37.1 Å². The predicted octanol–water partition coefficient (Wildman–Crippen LogP) is 0.909. The number of hydrogen-bond donors (Lipinski definition) is 2. The van der Waals surface area contributed by atoms with E-state index in [2.05, 4.69) is 4.72 Å². The molecule has 0 unspecified atom stereocenters. The number of nitrogens with two attached hydrogens (primary N) is 1. The van der Waals surface area contributed by atoms with E-state index in [9.17, 15) is 8.42 Å². The molecule has 0 aliphatic carbocycles. The third kappa shape index (κ3) is 5.87. The first-order valence-electron chi connectivity index (χ1n) is 6.39. The summed E-state index contributed by atoms with van der Waals surface area (Å²) < 4.78 is 36.7. The van der Waals surface area contributed by atoms with Crippen LogP contribution < -0.4 is 10.5 Å². The minimum absolute atomic E-state index is 0.190. The lowest BCUT2D eigenvalue weighted by Gasteiger charge is -2.09. The van der Waals surface area contributed by atoms with Crippen molar-refractivity contribution in [1.29, 1.82) is 0 Å². The van der Waals surface area contributed by atoms with Gasteiger partial charge in [-0.25, -0.2) is 13.1 Å². The summed E-state index contributed by atoms with van der Waals surface area (Å²) in [5.41, 5.74) is 6.91. The van der Waals surface area contributed by atoms with Crippen molar-refractivity contribution in [1.82, 2.24) is 4.72 Å². The molecule has 3 N–H and O–H groups in total. The first-order valence-corrected chi connectivity index (χ1v) is 7.87. The summed E-state index contributed by atoms with van der Waals surface area (Å²) >= 11 is 0. The summed E-state index contributed by atoms with van der Waals surface area (Å²) in [6, 6.07) is 4.76. The second kappa shape index (κ2) is 8.21. The van der Waals surface area contributed by atoms with Gasteiger partial charge in [-0.15, -0.1) is 0 Å². The molecule has 0 heterocycles. The number of sulfonamides is 1. The first-order chi connectivity index (χ1) is 9.45. The summed E-state index contributed by atoms with van der Waals surface area (Å²) in [6.07, 6.45) is 0.601. The van der Waals surface area contributed by atoms with E-state index < -0.39 is 10.0 Å². The van der Waals surface area contributed by atoms with Crippen molar-refractivity contribution in [2.24, 2.45) is 0 Å². The van der Waals surface area contributed by atoms with E-state index in [1.54, 1.807) is 26.2 Å². The number of nitrogen functional groups attached to an aromatic ring is 1. The molecule has 0 atom stereocenters. The first kappa shape index (κ1) is 16.9. The Bertz CT molecular complexity index is 497. The monoisotopic (exact) mass is 302 g/mol. The van der Waals surface area contributed by atoms with Crippen LogP contribution in [0.25, 0.3) is 0 Å². The number of nitrogens with one attached hydrogen (secondary N) is 1. The zero-order chi connectivity index (χ0) is 15.0. The smallest absolute Gasteiger partial charge is 0.240 e. The molecular weight excluding hydrogens is 280 g/mol. The normalized spacial score (nSPS) is 11.7. The highest BCUT2D eigenvalue weighted by Gasteiger charge is 2.14. The van der Waals surface area contributed by atoms with E-state index >= 15 is 0 Å². The van der Waals surface area contributed by atoms with Gasteiger partial charge in [-0.1, -0.05) is 0 Å². The highest BCUT2D eigenvalue weighted by atomic mass is 32.2. The van der Waals surface area contributed by atoms with Gasteiger partial charge in [0.1, 0.15) is 0 Å². The van der Waals surface area contributed by atoms with Gasteiger partial charge < -0.3 is 15.2 Å². The van der Waals surface area contributed by atoms with Crippen LogP contribution in [0.15, 0.2) is 23.1 Å². The molecular formula is C13H22N2O4S. The number of benzene rings is 1. The molecule has 0 bridgehead atoms. The molecule has 0 saturated carbocycles. The van der Waals surface area contributed by atoms with Crippen LogP contribution in [0.2, 0.25) is 0 Å². The average molecular weight is 302 g/mol. The Morgan fingerprint density at radius 3 is 2.60 bits per heavy atom. The van der Waals surface area contributed by atoms with Crippen LogP contribution in [0.3, 0.4) is 0 Å². The average Bonchev–Trinajstić information content (AvgIpc) is 2.36. The lowest BCUT2D eigenvalue weighted by Crippen LogP contribution is -2.26. The van der Waals surface area contributed by atoms with Crippen molar-refractivity contribution in [3.05, 3.63) is 23.8 Å². The molecule has 0 aliphatic heterocycles. The standard InChI is InChI=1S/C13H22N2O4S/c1-11-8-12(14)10-13(9-11)20(16,17)15-4-3-5-19-7-6-18-2/h8-10,15H,3-7,14H2,1-2H3. The summed E-state index contributed by atoms with van der Waals surface area (Å²) in [7, 11) is -1.91. The van der Waals surface area contributed by atoms with Gasteiger partial charge in [0.2, 0.25) is 10.0 Å². The Morgan fingerprint density at radius 2 is 1.95 bits per heavy atom. The Labute approximate surface area is 120 Å². The summed E-state index contributed by atoms with van der Waals surface area (Å²) in [6.45, 7) is 3.66. The van der Waals surface area contributed by atoms with Gasteiger partial charge in [-0.3, -0.25) is 0 Å². The second-order valence-corrected chi connectivity index (χ2v) is 6.20. The zero-order valence-electron chi connectivity index (χ0n) is 11.9. The number of hydrogen-bond acceptors (Lipinski definition) is 5. The van der Waals surface area contributed by atoms with E-state index in [0.29, 0.717) is 38.5 Å². The Balaban J connectivity index is 2.42. The van der Waals surface area contributed by atoms with Crippen molar-refractivity contribution in [3.63, 3.8) is 0 Å². The van der Waals surface area contributed by atoms with Crippen molar-refractivity contribution >= 4 is 15.7 Å². The highest BCUT2D eigenvalue weighted by Crippen LogP contribution is 2.15. The quantitative estimate of drug-likeness (QED) is 0.522. The van der Waals surface area contributed by atoms with Crippen LogP contribution >= 0.6 is 0 Å². The fourth-order valence-electron chi connectivity index (χ4n) is 1.64. The van der Waals surface area contributed by atoms with E-state index in [-0.39, 0.29) is 4.90 Å². The largest absolute Gasteiger partial charge is 0.399 e. The van der Waals surface area contributed by atoms with Crippen molar-refractivity contribution in [2.75, 3.05) is 39.2 Å². The third-order valence-electron chi connectivity index (χ3n) is 2.57. The molecule has 1 aromatic rings. The van der Waals surface area contributed by atoms with Crippen molar-refractivity contribution < 1.29 is 17.9 Å². The van der Waals surface area contributed by atoms with Gasteiger partial charge in [0.15, 0.2) is 0 Å².